The van der Waals surface area contributed by atoms with Gasteiger partial charge in [-0.1, -0.05) is 64.5 Å². The predicted octanol–water partition coefficient (Wildman–Crippen LogP) is 5.91. The molecule has 2 atom stereocenters. The molecule has 3 aromatic carbocycles. The summed E-state index contributed by atoms with van der Waals surface area (Å²) in [6, 6.07) is 21.8. The van der Waals surface area contributed by atoms with Crippen LogP contribution in [0.3, 0.4) is 0 Å². The Morgan fingerprint density at radius 1 is 0.957 bits per heavy atom. The zero-order valence-electron chi connectivity index (χ0n) is 13.1. The maximum atomic E-state index is 13.1. The zero-order valence-corrected chi connectivity index (χ0v) is 15.6. The number of halogens is 1. The van der Waals surface area contributed by atoms with Crippen LogP contribution in [0.25, 0.3) is 10.8 Å². The lowest BCUT2D eigenvalue weighted by atomic mass is 10.1. The van der Waals surface area contributed by atoms with Gasteiger partial charge in [-0.15, -0.1) is 0 Å². The van der Waals surface area contributed by atoms with Gasteiger partial charge in [0.2, 0.25) is 7.37 Å². The molecule has 0 aliphatic heterocycles. The van der Waals surface area contributed by atoms with Gasteiger partial charge in [-0.25, -0.2) is 0 Å². The number of hydrogen-bond donors (Lipinski definition) is 0. The Morgan fingerprint density at radius 2 is 1.61 bits per heavy atom. The average Bonchev–Trinajstić information content (AvgIpc) is 2.54. The van der Waals surface area contributed by atoms with E-state index in [4.69, 9.17) is 4.52 Å². The SMILES string of the molecule is C[C@@H](O[P@](C)(=O)c1ccc2ccccc2c1)c1ccccc1Br. The second-order valence-electron chi connectivity index (χ2n) is 5.65. The minimum atomic E-state index is -2.91. The molecule has 0 aromatic heterocycles. The molecule has 0 amide bonds. The van der Waals surface area contributed by atoms with Crippen molar-refractivity contribution in [2.45, 2.75) is 13.0 Å². The lowest BCUT2D eigenvalue weighted by molar-refractivity contribution is 0.235. The first-order valence-electron chi connectivity index (χ1n) is 7.47. The minimum Gasteiger partial charge on any atom is -0.318 e. The summed E-state index contributed by atoms with van der Waals surface area (Å²) in [4.78, 5) is 0. The summed E-state index contributed by atoms with van der Waals surface area (Å²) >= 11 is 3.52. The molecule has 0 spiro atoms. The van der Waals surface area contributed by atoms with Crippen LogP contribution in [0.5, 0.6) is 0 Å². The van der Waals surface area contributed by atoms with E-state index in [9.17, 15) is 4.57 Å². The zero-order chi connectivity index (χ0) is 16.4. The summed E-state index contributed by atoms with van der Waals surface area (Å²) in [5, 5.41) is 2.95. The lowest BCUT2D eigenvalue weighted by Crippen LogP contribution is -2.09. The van der Waals surface area contributed by atoms with E-state index in [1.807, 2.05) is 73.7 Å². The molecule has 0 saturated carbocycles. The molecular formula is C19H18BrO2P. The standard InChI is InChI=1S/C19H18BrO2P/c1-14(18-9-5-6-10-19(18)20)22-23(2,21)17-12-11-15-7-3-4-8-16(15)13-17/h3-14H,1-2H3/t14-,23+/m1/s1. The van der Waals surface area contributed by atoms with E-state index >= 15 is 0 Å². The van der Waals surface area contributed by atoms with Crippen LogP contribution in [-0.2, 0) is 9.09 Å². The first kappa shape index (κ1) is 16.4. The smallest absolute Gasteiger partial charge is 0.229 e. The van der Waals surface area contributed by atoms with Crippen LogP contribution in [-0.4, -0.2) is 6.66 Å². The first-order valence-corrected chi connectivity index (χ1v) is 10.3. The van der Waals surface area contributed by atoms with Crippen molar-refractivity contribution < 1.29 is 9.09 Å². The van der Waals surface area contributed by atoms with E-state index in [1.54, 1.807) is 6.66 Å². The Bertz CT molecular complexity index is 891. The second kappa shape index (κ2) is 6.60. The van der Waals surface area contributed by atoms with Gasteiger partial charge in [0.25, 0.3) is 0 Å². The van der Waals surface area contributed by atoms with Gasteiger partial charge in [0.1, 0.15) is 0 Å². The molecule has 23 heavy (non-hydrogen) atoms. The Hall–Kier alpha value is -1.41. The van der Waals surface area contributed by atoms with Crippen molar-refractivity contribution in [3.05, 3.63) is 76.8 Å². The van der Waals surface area contributed by atoms with E-state index in [1.165, 1.54) is 0 Å². The van der Waals surface area contributed by atoms with Crippen LogP contribution in [0.2, 0.25) is 0 Å². The highest BCUT2D eigenvalue weighted by atomic mass is 79.9. The first-order chi connectivity index (χ1) is 11.0. The monoisotopic (exact) mass is 388 g/mol. The van der Waals surface area contributed by atoms with Crippen LogP contribution in [0.15, 0.2) is 71.2 Å². The predicted molar refractivity (Wildman–Crippen MR) is 101 cm³/mol. The molecule has 3 rings (SSSR count). The number of hydrogen-bond acceptors (Lipinski definition) is 2. The summed E-state index contributed by atoms with van der Waals surface area (Å²) < 4.78 is 20.0. The summed E-state index contributed by atoms with van der Waals surface area (Å²) in [7, 11) is -2.91. The van der Waals surface area contributed by atoms with Gasteiger partial charge in [0.05, 0.1) is 6.10 Å². The van der Waals surface area contributed by atoms with E-state index in [-0.39, 0.29) is 6.10 Å². The Kier molecular flexibility index (Phi) is 4.72. The van der Waals surface area contributed by atoms with Crippen LogP contribution < -0.4 is 5.30 Å². The molecule has 0 aliphatic rings. The number of rotatable bonds is 4. The number of benzene rings is 3. The van der Waals surface area contributed by atoms with Crippen LogP contribution in [0.1, 0.15) is 18.6 Å². The van der Waals surface area contributed by atoms with Gasteiger partial charge in [-0.3, -0.25) is 4.57 Å². The minimum absolute atomic E-state index is 0.257. The van der Waals surface area contributed by atoms with E-state index in [2.05, 4.69) is 15.9 Å². The maximum absolute atomic E-state index is 13.1. The maximum Gasteiger partial charge on any atom is 0.229 e. The van der Waals surface area contributed by atoms with E-state index < -0.39 is 7.37 Å². The van der Waals surface area contributed by atoms with E-state index in [0.717, 1.165) is 26.1 Å². The molecule has 0 heterocycles. The molecule has 0 bridgehead atoms. The molecule has 4 heteroatoms. The summed E-state index contributed by atoms with van der Waals surface area (Å²) in [5.74, 6) is 0. The molecule has 3 aromatic rings. The van der Waals surface area contributed by atoms with Gasteiger partial charge in [0, 0.05) is 16.4 Å². The van der Waals surface area contributed by atoms with Crippen molar-refractivity contribution >= 4 is 39.4 Å². The molecule has 118 valence electrons. The van der Waals surface area contributed by atoms with Gasteiger partial charge >= 0.3 is 0 Å². The molecule has 0 saturated heterocycles. The normalized spacial score (nSPS) is 15.3. The topological polar surface area (TPSA) is 26.3 Å². The highest BCUT2D eigenvalue weighted by Gasteiger charge is 2.24. The van der Waals surface area contributed by atoms with Crippen molar-refractivity contribution in [2.75, 3.05) is 6.66 Å². The fourth-order valence-corrected chi connectivity index (χ4v) is 4.82. The van der Waals surface area contributed by atoms with Gasteiger partial charge in [-0.2, -0.15) is 0 Å². The molecule has 0 radical (unpaired) electrons. The lowest BCUT2D eigenvalue weighted by Gasteiger charge is -2.21. The highest BCUT2D eigenvalue weighted by Crippen LogP contribution is 2.47. The van der Waals surface area contributed by atoms with Crippen molar-refractivity contribution in [3.8, 4) is 0 Å². The molecule has 0 unspecified atom stereocenters. The summed E-state index contributed by atoms with van der Waals surface area (Å²) in [5.41, 5.74) is 0.996. The molecule has 0 fully saturated rings. The average molecular weight is 389 g/mol. The number of fused-ring (bicyclic) bond motifs is 1. The second-order valence-corrected chi connectivity index (χ2v) is 8.92. The van der Waals surface area contributed by atoms with Crippen molar-refractivity contribution in [3.63, 3.8) is 0 Å². The van der Waals surface area contributed by atoms with Crippen molar-refractivity contribution in [1.29, 1.82) is 0 Å². The van der Waals surface area contributed by atoms with Crippen LogP contribution in [0, 0.1) is 0 Å². The third kappa shape index (κ3) is 3.58. The molecule has 0 N–H and O–H groups in total. The van der Waals surface area contributed by atoms with Gasteiger partial charge in [0.15, 0.2) is 0 Å². The quantitative estimate of drug-likeness (QED) is 0.519. The third-order valence-corrected chi connectivity index (χ3v) is 6.56. The van der Waals surface area contributed by atoms with E-state index in [0.29, 0.717) is 0 Å². The third-order valence-electron chi connectivity index (χ3n) is 3.90. The van der Waals surface area contributed by atoms with Gasteiger partial charge < -0.3 is 4.52 Å². The summed E-state index contributed by atoms with van der Waals surface area (Å²) in [6.07, 6.45) is -0.257. The van der Waals surface area contributed by atoms with Crippen molar-refractivity contribution in [2.24, 2.45) is 0 Å². The fourth-order valence-electron chi connectivity index (χ4n) is 2.65. The highest BCUT2D eigenvalue weighted by molar-refractivity contribution is 9.10. The fraction of sp³-hybridized carbons (Fsp3) is 0.158. The largest absolute Gasteiger partial charge is 0.318 e. The van der Waals surface area contributed by atoms with Gasteiger partial charge in [-0.05, 0) is 41.5 Å². The molecular weight excluding hydrogens is 371 g/mol. The summed E-state index contributed by atoms with van der Waals surface area (Å²) in [6.45, 7) is 3.61. The Morgan fingerprint density at radius 3 is 2.35 bits per heavy atom. The Balaban J connectivity index is 1.91. The molecule has 2 nitrogen and oxygen atoms in total. The van der Waals surface area contributed by atoms with Crippen LogP contribution in [0.4, 0.5) is 0 Å². The molecule has 0 aliphatic carbocycles. The van der Waals surface area contributed by atoms with Crippen molar-refractivity contribution in [1.82, 2.24) is 0 Å². The Labute approximate surface area is 145 Å². The van der Waals surface area contributed by atoms with Crippen LogP contribution >= 0.6 is 23.3 Å².